The molecule has 1 aliphatic rings. The molecule has 122 valence electrons. The van der Waals surface area contributed by atoms with Gasteiger partial charge in [-0.3, -0.25) is 4.79 Å². The smallest absolute Gasteiger partial charge is 0.251 e. The molecule has 0 spiro atoms. The molecule has 1 rings (SSSR count). The molecule has 1 aliphatic heterocycles. The fraction of sp³-hybridized carbons (Fsp3) is 0.786. The quantitative estimate of drug-likeness (QED) is 0.460. The number of carbonyl (C=O) groups excluding carboxylic acids is 1. The van der Waals surface area contributed by atoms with E-state index in [-0.39, 0.29) is 23.5 Å². The molecule has 1 amide bonds. The number of methoxy groups -OCH3 is 1. The summed E-state index contributed by atoms with van der Waals surface area (Å²) in [6.07, 6.45) is 2.29. The Bertz CT molecular complexity index is 448. The van der Waals surface area contributed by atoms with Crippen LogP contribution in [0.15, 0.2) is 12.7 Å². The molecule has 0 saturated carbocycles. The summed E-state index contributed by atoms with van der Waals surface area (Å²) < 4.78 is 33.7. The van der Waals surface area contributed by atoms with Crippen LogP contribution in [0.2, 0.25) is 0 Å². The molecule has 0 bridgehead atoms. The number of ether oxygens (including phenoxy) is 2. The van der Waals surface area contributed by atoms with Crippen molar-refractivity contribution in [2.75, 3.05) is 38.4 Å². The minimum atomic E-state index is -3.03. The van der Waals surface area contributed by atoms with Crippen molar-refractivity contribution in [1.29, 1.82) is 0 Å². The Hall–Kier alpha value is -0.920. The molecule has 21 heavy (non-hydrogen) atoms. The van der Waals surface area contributed by atoms with E-state index >= 15 is 0 Å². The summed E-state index contributed by atoms with van der Waals surface area (Å²) in [7, 11) is -1.48. The lowest BCUT2D eigenvalue weighted by molar-refractivity contribution is -0.145. The van der Waals surface area contributed by atoms with Crippen molar-refractivity contribution in [1.82, 2.24) is 4.90 Å². The minimum absolute atomic E-state index is 0.0296. The summed E-state index contributed by atoms with van der Waals surface area (Å²) in [5.74, 6) is -0.0136. The van der Waals surface area contributed by atoms with Gasteiger partial charge in [-0.2, -0.15) is 0 Å². The fourth-order valence-corrected chi connectivity index (χ4v) is 4.05. The lowest BCUT2D eigenvalue weighted by atomic mass is 10.2. The number of amides is 1. The zero-order chi connectivity index (χ0) is 15.9. The zero-order valence-corrected chi connectivity index (χ0v) is 13.6. The van der Waals surface area contributed by atoms with Gasteiger partial charge in [0.15, 0.2) is 9.84 Å². The van der Waals surface area contributed by atoms with Crippen LogP contribution < -0.4 is 0 Å². The number of sulfone groups is 1. The number of carbonyl (C=O) groups is 1. The van der Waals surface area contributed by atoms with E-state index in [4.69, 9.17) is 9.47 Å². The van der Waals surface area contributed by atoms with Crippen molar-refractivity contribution in [2.24, 2.45) is 0 Å². The molecule has 0 aromatic rings. The predicted octanol–water partition coefficient (Wildman–Crippen LogP) is 0.630. The topological polar surface area (TPSA) is 72.9 Å². The standard InChI is InChI=1S/C14H25NO5S/c1-4-5-8-20-12(2)14(16)15(7-9-19-3)13-6-10-21(17,18)11-13/h4,12-13H,1,5-11H2,2-3H3/t12-,13-/m0/s1. The molecule has 6 nitrogen and oxygen atoms in total. The van der Waals surface area contributed by atoms with Gasteiger partial charge >= 0.3 is 0 Å². The third-order valence-electron chi connectivity index (χ3n) is 3.51. The number of nitrogens with zero attached hydrogens (tertiary/aromatic N) is 1. The van der Waals surface area contributed by atoms with Gasteiger partial charge in [-0.05, 0) is 19.8 Å². The van der Waals surface area contributed by atoms with Crippen molar-refractivity contribution in [3.05, 3.63) is 12.7 Å². The third-order valence-corrected chi connectivity index (χ3v) is 5.26. The van der Waals surface area contributed by atoms with Crippen molar-refractivity contribution < 1.29 is 22.7 Å². The van der Waals surface area contributed by atoms with Crippen LogP contribution in [0.1, 0.15) is 19.8 Å². The lowest BCUT2D eigenvalue weighted by Gasteiger charge is -2.30. The van der Waals surface area contributed by atoms with Gasteiger partial charge in [0.2, 0.25) is 0 Å². The van der Waals surface area contributed by atoms with Crippen LogP contribution >= 0.6 is 0 Å². The van der Waals surface area contributed by atoms with Gasteiger partial charge in [-0.25, -0.2) is 8.42 Å². The van der Waals surface area contributed by atoms with Crippen LogP contribution in [0.25, 0.3) is 0 Å². The fourth-order valence-electron chi connectivity index (χ4n) is 2.32. The Morgan fingerprint density at radius 2 is 2.19 bits per heavy atom. The minimum Gasteiger partial charge on any atom is -0.383 e. The zero-order valence-electron chi connectivity index (χ0n) is 12.8. The molecule has 1 fully saturated rings. The number of hydrogen-bond donors (Lipinski definition) is 0. The van der Waals surface area contributed by atoms with Crippen molar-refractivity contribution in [3.8, 4) is 0 Å². The van der Waals surface area contributed by atoms with Gasteiger partial charge in [-0.15, -0.1) is 6.58 Å². The summed E-state index contributed by atoms with van der Waals surface area (Å²) in [5, 5.41) is 0. The summed E-state index contributed by atoms with van der Waals surface area (Å²) >= 11 is 0. The first-order chi connectivity index (χ1) is 9.91. The first kappa shape index (κ1) is 18.1. The first-order valence-electron chi connectivity index (χ1n) is 7.13. The molecule has 1 saturated heterocycles. The van der Waals surface area contributed by atoms with Gasteiger partial charge in [0.05, 0.1) is 24.7 Å². The Morgan fingerprint density at radius 3 is 2.71 bits per heavy atom. The second kappa shape index (κ2) is 8.51. The largest absolute Gasteiger partial charge is 0.383 e. The van der Waals surface area contributed by atoms with E-state index in [0.717, 1.165) is 0 Å². The number of rotatable bonds is 9. The highest BCUT2D eigenvalue weighted by Gasteiger charge is 2.36. The second-order valence-electron chi connectivity index (χ2n) is 5.17. The molecular formula is C14H25NO5S. The highest BCUT2D eigenvalue weighted by molar-refractivity contribution is 7.91. The number of hydrogen-bond acceptors (Lipinski definition) is 5. The first-order valence-corrected chi connectivity index (χ1v) is 8.95. The van der Waals surface area contributed by atoms with Crippen LogP contribution in [0.5, 0.6) is 0 Å². The lowest BCUT2D eigenvalue weighted by Crippen LogP contribution is -2.47. The Labute approximate surface area is 127 Å². The third kappa shape index (κ3) is 5.76. The van der Waals surface area contributed by atoms with Crippen LogP contribution in [-0.2, 0) is 24.1 Å². The predicted molar refractivity (Wildman–Crippen MR) is 80.9 cm³/mol. The van der Waals surface area contributed by atoms with Crippen LogP contribution in [0.3, 0.4) is 0 Å². The maximum atomic E-state index is 12.5. The summed E-state index contributed by atoms with van der Waals surface area (Å²) in [5.41, 5.74) is 0. The normalized spacial score (nSPS) is 21.9. The molecule has 0 N–H and O–H groups in total. The highest BCUT2D eigenvalue weighted by atomic mass is 32.2. The Kier molecular flexibility index (Phi) is 7.34. The van der Waals surface area contributed by atoms with Gasteiger partial charge in [0, 0.05) is 19.7 Å². The van der Waals surface area contributed by atoms with Crippen LogP contribution in [0, 0.1) is 0 Å². The average molecular weight is 319 g/mol. The van der Waals surface area contributed by atoms with Gasteiger partial charge in [-0.1, -0.05) is 6.08 Å². The van der Waals surface area contributed by atoms with E-state index in [2.05, 4.69) is 6.58 Å². The molecule has 0 radical (unpaired) electrons. The van der Waals surface area contributed by atoms with Gasteiger partial charge in [0.25, 0.3) is 5.91 Å². The molecule has 0 aromatic heterocycles. The summed E-state index contributed by atoms with van der Waals surface area (Å²) in [6.45, 7) is 6.47. The second-order valence-corrected chi connectivity index (χ2v) is 7.40. The molecule has 1 heterocycles. The van der Waals surface area contributed by atoms with E-state index in [1.807, 2.05) is 0 Å². The van der Waals surface area contributed by atoms with E-state index in [1.54, 1.807) is 25.0 Å². The van der Waals surface area contributed by atoms with Crippen molar-refractivity contribution in [2.45, 2.75) is 31.9 Å². The molecule has 7 heteroatoms. The van der Waals surface area contributed by atoms with Gasteiger partial charge in [0.1, 0.15) is 6.10 Å². The van der Waals surface area contributed by atoms with Crippen molar-refractivity contribution in [3.63, 3.8) is 0 Å². The van der Waals surface area contributed by atoms with E-state index in [0.29, 0.717) is 32.6 Å². The highest BCUT2D eigenvalue weighted by Crippen LogP contribution is 2.19. The van der Waals surface area contributed by atoms with Crippen LogP contribution in [0.4, 0.5) is 0 Å². The van der Waals surface area contributed by atoms with E-state index < -0.39 is 15.9 Å². The molecule has 2 atom stereocenters. The summed E-state index contributed by atoms with van der Waals surface area (Å²) in [4.78, 5) is 14.1. The Balaban J connectivity index is 2.67. The van der Waals surface area contributed by atoms with Gasteiger partial charge < -0.3 is 14.4 Å². The molecule has 0 aromatic carbocycles. The molecular weight excluding hydrogens is 294 g/mol. The summed E-state index contributed by atoms with van der Waals surface area (Å²) in [6, 6.07) is -0.275. The maximum absolute atomic E-state index is 12.5. The van der Waals surface area contributed by atoms with E-state index in [9.17, 15) is 13.2 Å². The molecule has 0 unspecified atom stereocenters. The van der Waals surface area contributed by atoms with Crippen molar-refractivity contribution >= 4 is 15.7 Å². The van der Waals surface area contributed by atoms with E-state index in [1.165, 1.54) is 0 Å². The Morgan fingerprint density at radius 1 is 1.48 bits per heavy atom. The average Bonchev–Trinajstić information content (AvgIpc) is 2.79. The van der Waals surface area contributed by atoms with Crippen LogP contribution in [-0.4, -0.2) is 69.7 Å². The molecule has 0 aliphatic carbocycles. The maximum Gasteiger partial charge on any atom is 0.251 e. The monoisotopic (exact) mass is 319 g/mol. The SMILES string of the molecule is C=CCCO[C@@H](C)C(=O)N(CCOC)[C@H]1CCS(=O)(=O)C1.